The van der Waals surface area contributed by atoms with Gasteiger partial charge in [0.15, 0.2) is 0 Å². The van der Waals surface area contributed by atoms with Crippen LogP contribution in [0.1, 0.15) is 39.4 Å². The molecule has 4 heteroatoms. The number of rotatable bonds is 6. The van der Waals surface area contributed by atoms with Gasteiger partial charge in [0.2, 0.25) is 0 Å². The van der Waals surface area contributed by atoms with Gasteiger partial charge in [-0.2, -0.15) is 0 Å². The molecule has 1 aromatic carbocycles. The van der Waals surface area contributed by atoms with Crippen LogP contribution in [0.3, 0.4) is 0 Å². The molecule has 3 nitrogen and oxygen atoms in total. The van der Waals surface area contributed by atoms with Crippen LogP contribution in [-0.4, -0.2) is 24.9 Å². The molecule has 0 spiro atoms. The summed E-state index contributed by atoms with van der Waals surface area (Å²) in [4.78, 5) is 0. The van der Waals surface area contributed by atoms with Crippen molar-refractivity contribution < 1.29 is 9.47 Å². The molecule has 0 heterocycles. The first-order valence-electron chi connectivity index (χ1n) is 6.56. The number of nitrogens with two attached hydrogens (primary N) is 1. The summed E-state index contributed by atoms with van der Waals surface area (Å²) in [6.07, 6.45) is -0.165. The maximum atomic E-state index is 5.99. The van der Waals surface area contributed by atoms with E-state index in [4.69, 9.17) is 26.8 Å². The second-order valence-electron chi connectivity index (χ2n) is 5.67. The lowest BCUT2D eigenvalue weighted by molar-refractivity contribution is -0.0558. The summed E-state index contributed by atoms with van der Waals surface area (Å²) in [7, 11) is 0. The van der Waals surface area contributed by atoms with E-state index in [0.29, 0.717) is 18.2 Å². The third-order valence-corrected chi connectivity index (χ3v) is 2.81. The lowest BCUT2D eigenvalue weighted by atomic mass is 10.0. The van der Waals surface area contributed by atoms with E-state index < -0.39 is 0 Å². The average molecular weight is 286 g/mol. The summed E-state index contributed by atoms with van der Waals surface area (Å²) in [5.74, 6) is 0. The zero-order chi connectivity index (χ0) is 14.5. The van der Waals surface area contributed by atoms with Crippen LogP contribution in [0.5, 0.6) is 0 Å². The summed E-state index contributed by atoms with van der Waals surface area (Å²) >= 11 is 5.99. The van der Waals surface area contributed by atoms with Crippen LogP contribution in [0.4, 0.5) is 0 Å². The van der Waals surface area contributed by atoms with Crippen LogP contribution < -0.4 is 5.73 Å². The highest BCUT2D eigenvalue weighted by atomic mass is 35.5. The molecule has 0 aliphatic carbocycles. The van der Waals surface area contributed by atoms with Gasteiger partial charge in [-0.15, -0.1) is 0 Å². The topological polar surface area (TPSA) is 44.5 Å². The van der Waals surface area contributed by atoms with Crippen LogP contribution in [-0.2, 0) is 9.47 Å². The lowest BCUT2D eigenvalue weighted by Crippen LogP contribution is -2.29. The fraction of sp³-hybridized carbons (Fsp3) is 0.600. The van der Waals surface area contributed by atoms with Gasteiger partial charge in [0.05, 0.1) is 24.9 Å². The van der Waals surface area contributed by atoms with Crippen molar-refractivity contribution >= 4 is 11.6 Å². The second kappa shape index (κ2) is 7.25. The van der Waals surface area contributed by atoms with E-state index >= 15 is 0 Å². The van der Waals surface area contributed by atoms with Gasteiger partial charge in [-0.05, 0) is 45.4 Å². The Bertz CT molecular complexity index is 388. The Hall–Kier alpha value is -0.610. The van der Waals surface area contributed by atoms with E-state index in [1.54, 1.807) is 0 Å². The van der Waals surface area contributed by atoms with E-state index in [1.807, 2.05) is 52.0 Å². The van der Waals surface area contributed by atoms with Gasteiger partial charge in [0.25, 0.3) is 0 Å². The fourth-order valence-corrected chi connectivity index (χ4v) is 1.96. The molecule has 108 valence electrons. The fourth-order valence-electron chi connectivity index (χ4n) is 1.76. The predicted molar refractivity (Wildman–Crippen MR) is 79.5 cm³/mol. The standard InChI is InChI=1S/C15H24ClNO2/c1-11(17)14(12-6-5-7-13(16)10-12)18-8-9-19-15(2,3)4/h5-7,10-11,14H,8-9,17H2,1-4H3. The summed E-state index contributed by atoms with van der Waals surface area (Å²) in [5, 5.41) is 0.692. The maximum Gasteiger partial charge on any atom is 0.0974 e. The first-order valence-corrected chi connectivity index (χ1v) is 6.94. The van der Waals surface area contributed by atoms with Crippen LogP contribution in [0.25, 0.3) is 0 Å². The molecule has 2 N–H and O–H groups in total. The van der Waals surface area contributed by atoms with Gasteiger partial charge >= 0.3 is 0 Å². The van der Waals surface area contributed by atoms with Crippen LogP contribution in [0, 0.1) is 0 Å². The van der Waals surface area contributed by atoms with Gasteiger partial charge in [-0.1, -0.05) is 23.7 Å². The van der Waals surface area contributed by atoms with E-state index in [-0.39, 0.29) is 17.7 Å². The average Bonchev–Trinajstić information content (AvgIpc) is 2.26. The number of hydrogen-bond acceptors (Lipinski definition) is 3. The summed E-state index contributed by atoms with van der Waals surface area (Å²) in [6.45, 7) is 9.05. The predicted octanol–water partition coefficient (Wildman–Crippen LogP) is 3.56. The van der Waals surface area contributed by atoms with Crippen molar-refractivity contribution in [1.29, 1.82) is 0 Å². The van der Waals surface area contributed by atoms with E-state index in [0.717, 1.165) is 5.56 Å². The van der Waals surface area contributed by atoms with E-state index in [9.17, 15) is 0 Å². The smallest absolute Gasteiger partial charge is 0.0974 e. The molecule has 0 amide bonds. The Balaban J connectivity index is 2.55. The summed E-state index contributed by atoms with van der Waals surface area (Å²) in [6, 6.07) is 7.51. The number of ether oxygens (including phenoxy) is 2. The van der Waals surface area contributed by atoms with E-state index in [2.05, 4.69) is 0 Å². The summed E-state index contributed by atoms with van der Waals surface area (Å²) < 4.78 is 11.5. The molecule has 1 aromatic rings. The van der Waals surface area contributed by atoms with Crippen molar-refractivity contribution in [3.05, 3.63) is 34.9 Å². The molecule has 0 saturated heterocycles. The third-order valence-electron chi connectivity index (χ3n) is 2.57. The number of hydrogen-bond donors (Lipinski definition) is 1. The van der Waals surface area contributed by atoms with Crippen LogP contribution in [0.2, 0.25) is 5.02 Å². The molecule has 0 aliphatic heterocycles. The Kier molecular flexibility index (Phi) is 6.27. The van der Waals surface area contributed by atoms with Crippen molar-refractivity contribution in [2.45, 2.75) is 45.4 Å². The molecule has 0 radical (unpaired) electrons. The molecule has 0 saturated carbocycles. The SMILES string of the molecule is CC(N)C(OCCOC(C)(C)C)c1cccc(Cl)c1. The number of benzene rings is 1. The lowest BCUT2D eigenvalue weighted by Gasteiger charge is -2.24. The normalized spacial score (nSPS) is 15.3. The monoisotopic (exact) mass is 285 g/mol. The minimum absolute atomic E-state index is 0.104. The quantitative estimate of drug-likeness (QED) is 0.813. The largest absolute Gasteiger partial charge is 0.373 e. The Morgan fingerprint density at radius 1 is 1.26 bits per heavy atom. The molecule has 2 atom stereocenters. The minimum Gasteiger partial charge on any atom is -0.373 e. The van der Waals surface area contributed by atoms with Crippen molar-refractivity contribution in [2.75, 3.05) is 13.2 Å². The Morgan fingerprint density at radius 3 is 2.47 bits per heavy atom. The third kappa shape index (κ3) is 6.39. The van der Waals surface area contributed by atoms with Crippen molar-refractivity contribution in [3.63, 3.8) is 0 Å². The molecule has 19 heavy (non-hydrogen) atoms. The number of halogens is 1. The molecule has 0 fully saturated rings. The highest BCUT2D eigenvalue weighted by Gasteiger charge is 2.17. The van der Waals surface area contributed by atoms with Gasteiger partial charge in [-0.25, -0.2) is 0 Å². The van der Waals surface area contributed by atoms with E-state index in [1.165, 1.54) is 0 Å². The Morgan fingerprint density at radius 2 is 1.95 bits per heavy atom. The van der Waals surface area contributed by atoms with Gasteiger partial charge in [0, 0.05) is 11.1 Å². The minimum atomic E-state index is -0.165. The summed E-state index contributed by atoms with van der Waals surface area (Å²) in [5.41, 5.74) is 6.83. The second-order valence-corrected chi connectivity index (χ2v) is 6.10. The highest BCUT2D eigenvalue weighted by Crippen LogP contribution is 2.23. The zero-order valence-electron chi connectivity index (χ0n) is 12.2. The van der Waals surface area contributed by atoms with Crippen molar-refractivity contribution in [2.24, 2.45) is 5.73 Å². The van der Waals surface area contributed by atoms with Gasteiger partial charge in [0.1, 0.15) is 0 Å². The molecule has 0 aliphatic rings. The first-order chi connectivity index (χ1) is 8.79. The molecule has 1 rings (SSSR count). The molecule has 0 aromatic heterocycles. The Labute approximate surface area is 121 Å². The van der Waals surface area contributed by atoms with Crippen LogP contribution >= 0.6 is 11.6 Å². The molecule has 2 unspecified atom stereocenters. The maximum absolute atomic E-state index is 5.99. The molecular weight excluding hydrogens is 262 g/mol. The van der Waals surface area contributed by atoms with Crippen LogP contribution in [0.15, 0.2) is 24.3 Å². The van der Waals surface area contributed by atoms with Crippen molar-refractivity contribution in [1.82, 2.24) is 0 Å². The van der Waals surface area contributed by atoms with Gasteiger partial charge in [-0.3, -0.25) is 0 Å². The van der Waals surface area contributed by atoms with Gasteiger partial charge < -0.3 is 15.2 Å². The zero-order valence-corrected chi connectivity index (χ0v) is 12.9. The first kappa shape index (κ1) is 16.4. The molecular formula is C15H24ClNO2. The van der Waals surface area contributed by atoms with Crippen molar-refractivity contribution in [3.8, 4) is 0 Å². The highest BCUT2D eigenvalue weighted by molar-refractivity contribution is 6.30. The molecule has 0 bridgehead atoms.